The van der Waals surface area contributed by atoms with Gasteiger partial charge in [0.15, 0.2) is 0 Å². The van der Waals surface area contributed by atoms with Crippen LogP contribution in [0.25, 0.3) is 0 Å². The molecule has 0 aromatic carbocycles. The SMILES string of the molecule is C=CC(=O)NC1CC(C(=O)NC)CC(C2CCC3CCCCC32)C1. The molecule has 0 saturated heterocycles. The van der Waals surface area contributed by atoms with Gasteiger partial charge in [-0.3, -0.25) is 9.59 Å². The zero-order chi connectivity index (χ0) is 17.1. The molecule has 4 heteroatoms. The maximum atomic E-state index is 12.3. The highest BCUT2D eigenvalue weighted by Gasteiger charge is 2.44. The molecule has 4 nitrogen and oxygen atoms in total. The topological polar surface area (TPSA) is 58.2 Å². The molecule has 2 N–H and O–H groups in total. The quantitative estimate of drug-likeness (QED) is 0.778. The van der Waals surface area contributed by atoms with E-state index in [1.54, 1.807) is 7.05 Å². The number of fused-ring (bicyclic) bond motifs is 1. The third-order valence-corrected chi connectivity index (χ3v) is 6.89. The van der Waals surface area contributed by atoms with Crippen LogP contribution in [0.1, 0.15) is 57.8 Å². The molecule has 0 heterocycles. The van der Waals surface area contributed by atoms with Gasteiger partial charge in [0.1, 0.15) is 0 Å². The van der Waals surface area contributed by atoms with Crippen LogP contribution in [0.5, 0.6) is 0 Å². The molecule has 0 aliphatic heterocycles. The van der Waals surface area contributed by atoms with E-state index in [-0.39, 0.29) is 23.8 Å². The van der Waals surface area contributed by atoms with E-state index in [1.165, 1.54) is 44.6 Å². The Morgan fingerprint density at radius 3 is 2.46 bits per heavy atom. The Balaban J connectivity index is 1.71. The first-order valence-electron chi connectivity index (χ1n) is 9.77. The summed E-state index contributed by atoms with van der Waals surface area (Å²) in [6.45, 7) is 3.56. The van der Waals surface area contributed by atoms with Crippen LogP contribution in [0.4, 0.5) is 0 Å². The molecule has 24 heavy (non-hydrogen) atoms. The molecule has 6 atom stereocenters. The van der Waals surface area contributed by atoms with Crippen molar-refractivity contribution in [2.24, 2.45) is 29.6 Å². The van der Waals surface area contributed by atoms with Gasteiger partial charge in [-0.2, -0.15) is 0 Å². The summed E-state index contributed by atoms with van der Waals surface area (Å²) in [5.41, 5.74) is 0. The fourth-order valence-corrected chi connectivity index (χ4v) is 5.87. The van der Waals surface area contributed by atoms with Crippen molar-refractivity contribution >= 4 is 11.8 Å². The van der Waals surface area contributed by atoms with Crippen LogP contribution in [0, 0.1) is 29.6 Å². The fraction of sp³-hybridized carbons (Fsp3) is 0.800. The van der Waals surface area contributed by atoms with Crippen molar-refractivity contribution in [1.29, 1.82) is 0 Å². The first-order chi connectivity index (χ1) is 11.6. The lowest BCUT2D eigenvalue weighted by molar-refractivity contribution is -0.127. The second-order valence-electron chi connectivity index (χ2n) is 8.14. The average Bonchev–Trinajstić information content (AvgIpc) is 3.04. The lowest BCUT2D eigenvalue weighted by atomic mass is 9.67. The first kappa shape index (κ1) is 17.5. The van der Waals surface area contributed by atoms with E-state index in [2.05, 4.69) is 17.2 Å². The molecule has 0 spiro atoms. The number of hydrogen-bond donors (Lipinski definition) is 2. The number of carbonyl (C=O) groups excluding carboxylic acids is 2. The molecular formula is C20H32N2O2. The Labute approximate surface area is 145 Å². The van der Waals surface area contributed by atoms with Crippen LogP contribution in [0.15, 0.2) is 12.7 Å². The summed E-state index contributed by atoms with van der Waals surface area (Å²) in [5.74, 6) is 3.17. The molecule has 3 rings (SSSR count). The van der Waals surface area contributed by atoms with Crippen molar-refractivity contribution in [3.05, 3.63) is 12.7 Å². The lowest BCUT2D eigenvalue weighted by Crippen LogP contribution is -2.45. The van der Waals surface area contributed by atoms with E-state index < -0.39 is 0 Å². The number of rotatable bonds is 4. The van der Waals surface area contributed by atoms with E-state index in [9.17, 15) is 9.59 Å². The number of hydrogen-bond acceptors (Lipinski definition) is 2. The van der Waals surface area contributed by atoms with Crippen LogP contribution < -0.4 is 10.6 Å². The summed E-state index contributed by atoms with van der Waals surface area (Å²) < 4.78 is 0. The van der Waals surface area contributed by atoms with Gasteiger partial charge in [0.25, 0.3) is 0 Å². The van der Waals surface area contributed by atoms with Gasteiger partial charge in [-0.15, -0.1) is 0 Å². The van der Waals surface area contributed by atoms with Crippen LogP contribution in [0.3, 0.4) is 0 Å². The Hall–Kier alpha value is -1.32. The fourth-order valence-electron chi connectivity index (χ4n) is 5.87. The zero-order valence-corrected chi connectivity index (χ0v) is 14.9. The Bertz CT molecular complexity index is 490. The molecule has 3 aliphatic carbocycles. The Morgan fingerprint density at radius 1 is 0.958 bits per heavy atom. The highest BCUT2D eigenvalue weighted by atomic mass is 16.2. The molecule has 3 saturated carbocycles. The molecule has 2 amide bonds. The van der Waals surface area contributed by atoms with Gasteiger partial charge in [0.2, 0.25) is 11.8 Å². The van der Waals surface area contributed by atoms with Crippen LogP contribution >= 0.6 is 0 Å². The summed E-state index contributed by atoms with van der Waals surface area (Å²) in [4.78, 5) is 24.0. The largest absolute Gasteiger partial charge is 0.359 e. The molecule has 0 bridgehead atoms. The molecule has 0 aromatic rings. The average molecular weight is 332 g/mol. The summed E-state index contributed by atoms with van der Waals surface area (Å²) in [5, 5.41) is 5.88. The molecular weight excluding hydrogens is 300 g/mol. The minimum Gasteiger partial charge on any atom is -0.359 e. The second kappa shape index (κ2) is 7.71. The molecule has 134 valence electrons. The highest BCUT2D eigenvalue weighted by Crippen LogP contribution is 2.51. The first-order valence-corrected chi connectivity index (χ1v) is 9.77. The van der Waals surface area contributed by atoms with E-state index in [0.29, 0.717) is 5.92 Å². The van der Waals surface area contributed by atoms with Crippen molar-refractivity contribution in [2.45, 2.75) is 63.8 Å². The smallest absolute Gasteiger partial charge is 0.243 e. The van der Waals surface area contributed by atoms with Crippen LogP contribution in [-0.2, 0) is 9.59 Å². The van der Waals surface area contributed by atoms with E-state index >= 15 is 0 Å². The number of carbonyl (C=O) groups is 2. The summed E-state index contributed by atoms with van der Waals surface area (Å²) in [6, 6.07) is 0.110. The third-order valence-electron chi connectivity index (χ3n) is 6.89. The minimum atomic E-state index is -0.113. The molecule has 0 radical (unpaired) electrons. The van der Waals surface area contributed by atoms with Gasteiger partial charge in [-0.05, 0) is 68.3 Å². The molecule has 0 aromatic heterocycles. The number of nitrogens with one attached hydrogen (secondary N) is 2. The third kappa shape index (κ3) is 3.68. The normalized spacial score (nSPS) is 38.9. The van der Waals surface area contributed by atoms with E-state index in [1.807, 2.05) is 0 Å². The second-order valence-corrected chi connectivity index (χ2v) is 8.14. The predicted octanol–water partition coefficient (Wildman–Crippen LogP) is 3.04. The molecule has 6 unspecified atom stereocenters. The molecule has 3 aliphatic rings. The van der Waals surface area contributed by atoms with Gasteiger partial charge in [0, 0.05) is 19.0 Å². The van der Waals surface area contributed by atoms with Crippen molar-refractivity contribution in [1.82, 2.24) is 10.6 Å². The van der Waals surface area contributed by atoms with Gasteiger partial charge < -0.3 is 10.6 Å². The Morgan fingerprint density at radius 2 is 1.71 bits per heavy atom. The van der Waals surface area contributed by atoms with Gasteiger partial charge in [-0.1, -0.05) is 25.8 Å². The van der Waals surface area contributed by atoms with Crippen LogP contribution in [0.2, 0.25) is 0 Å². The zero-order valence-electron chi connectivity index (χ0n) is 14.9. The van der Waals surface area contributed by atoms with Gasteiger partial charge >= 0.3 is 0 Å². The van der Waals surface area contributed by atoms with Crippen molar-refractivity contribution in [3.63, 3.8) is 0 Å². The number of amides is 2. The van der Waals surface area contributed by atoms with Gasteiger partial charge in [0.05, 0.1) is 0 Å². The summed E-state index contributed by atoms with van der Waals surface area (Å²) in [7, 11) is 1.72. The standard InChI is InChI=1S/C20H32N2O2/c1-3-19(23)22-16-11-14(10-15(12-16)20(24)21-2)18-9-8-13-6-4-5-7-17(13)18/h3,13-18H,1,4-12H2,2H3,(H,21,24)(H,22,23). The lowest BCUT2D eigenvalue weighted by Gasteiger charge is -2.40. The maximum Gasteiger partial charge on any atom is 0.243 e. The molecule has 3 fully saturated rings. The van der Waals surface area contributed by atoms with Gasteiger partial charge in [-0.25, -0.2) is 0 Å². The van der Waals surface area contributed by atoms with E-state index in [4.69, 9.17) is 0 Å². The maximum absolute atomic E-state index is 12.3. The van der Waals surface area contributed by atoms with Crippen molar-refractivity contribution in [3.8, 4) is 0 Å². The van der Waals surface area contributed by atoms with Crippen molar-refractivity contribution in [2.75, 3.05) is 7.05 Å². The van der Waals surface area contributed by atoms with Crippen molar-refractivity contribution < 1.29 is 9.59 Å². The van der Waals surface area contributed by atoms with E-state index in [0.717, 1.165) is 37.0 Å². The predicted molar refractivity (Wildman–Crippen MR) is 95.2 cm³/mol. The summed E-state index contributed by atoms with van der Waals surface area (Å²) in [6.07, 6.45) is 12.4. The summed E-state index contributed by atoms with van der Waals surface area (Å²) >= 11 is 0. The Kier molecular flexibility index (Phi) is 5.62. The monoisotopic (exact) mass is 332 g/mol. The minimum absolute atomic E-state index is 0.0338. The highest BCUT2D eigenvalue weighted by molar-refractivity contribution is 5.87. The van der Waals surface area contributed by atoms with Crippen LogP contribution in [-0.4, -0.2) is 24.9 Å².